The van der Waals surface area contributed by atoms with Crippen molar-refractivity contribution in [3.8, 4) is 0 Å². The van der Waals surface area contributed by atoms with E-state index in [4.69, 9.17) is 0 Å². The van der Waals surface area contributed by atoms with Gasteiger partial charge in [0.2, 0.25) is 21.8 Å². The van der Waals surface area contributed by atoms with E-state index < -0.39 is 27.8 Å². The Morgan fingerprint density at radius 2 is 1.61 bits per heavy atom. The molecule has 176 valence electrons. The van der Waals surface area contributed by atoms with Crippen LogP contribution in [0.3, 0.4) is 0 Å². The monoisotopic (exact) mass is 473 g/mol. The number of sulfonamides is 1. The van der Waals surface area contributed by atoms with E-state index in [9.17, 15) is 22.4 Å². The lowest BCUT2D eigenvalue weighted by Crippen LogP contribution is -2.51. The van der Waals surface area contributed by atoms with Crippen LogP contribution in [0.1, 0.15) is 31.2 Å². The lowest BCUT2D eigenvalue weighted by molar-refractivity contribution is -0.131. The zero-order chi connectivity index (χ0) is 23.4. The Morgan fingerprint density at radius 3 is 2.24 bits per heavy atom. The van der Waals surface area contributed by atoms with Crippen LogP contribution in [0.5, 0.6) is 0 Å². The number of nitrogens with zero attached hydrogens (tertiary/aromatic N) is 1. The van der Waals surface area contributed by atoms with E-state index in [-0.39, 0.29) is 35.8 Å². The van der Waals surface area contributed by atoms with E-state index in [0.717, 1.165) is 24.5 Å². The zero-order valence-corrected chi connectivity index (χ0v) is 19.1. The quantitative estimate of drug-likeness (QED) is 0.615. The third-order valence-electron chi connectivity index (χ3n) is 6.12. The van der Waals surface area contributed by atoms with Gasteiger partial charge in [-0.15, -0.1) is 0 Å². The molecule has 7 nitrogen and oxygen atoms in total. The second-order valence-corrected chi connectivity index (χ2v) is 10.5. The van der Waals surface area contributed by atoms with Gasteiger partial charge in [-0.3, -0.25) is 9.59 Å². The number of hydrogen-bond donors (Lipinski definition) is 2. The summed E-state index contributed by atoms with van der Waals surface area (Å²) in [4.78, 5) is 25.4. The van der Waals surface area contributed by atoms with Gasteiger partial charge in [-0.2, -0.15) is 4.31 Å². The van der Waals surface area contributed by atoms with Crippen molar-refractivity contribution < 1.29 is 22.4 Å². The number of nitrogens with one attached hydrogen (secondary N) is 2. The third kappa shape index (κ3) is 5.78. The first-order valence-electron chi connectivity index (χ1n) is 11.2. The number of piperidine rings is 1. The van der Waals surface area contributed by atoms with Crippen LogP contribution in [0, 0.1) is 11.7 Å². The summed E-state index contributed by atoms with van der Waals surface area (Å²) >= 11 is 0. The summed E-state index contributed by atoms with van der Waals surface area (Å²) < 4.78 is 40.8. The number of rotatable bonds is 8. The average molecular weight is 474 g/mol. The standard InChI is InChI=1S/C24H28FN3O4S/c25-20-8-4-5-9-22(20)33(31,32)28-14-12-18(13-15-28)23(29)27-21(24(30)26-19-10-11-19)16-17-6-2-1-3-7-17/h1-9,18-19,21H,10-16H2,(H,26,30)(H,27,29). The van der Waals surface area contributed by atoms with Crippen LogP contribution < -0.4 is 10.6 Å². The molecule has 2 fully saturated rings. The number of halogens is 1. The van der Waals surface area contributed by atoms with Gasteiger partial charge in [0, 0.05) is 31.5 Å². The molecule has 0 radical (unpaired) electrons. The van der Waals surface area contributed by atoms with Crippen molar-refractivity contribution in [2.45, 2.75) is 49.1 Å². The van der Waals surface area contributed by atoms with Crippen molar-refractivity contribution in [3.63, 3.8) is 0 Å². The fourth-order valence-corrected chi connectivity index (χ4v) is 5.56. The van der Waals surface area contributed by atoms with Crippen molar-refractivity contribution >= 4 is 21.8 Å². The summed E-state index contributed by atoms with van der Waals surface area (Å²) in [6, 6.07) is 14.3. The average Bonchev–Trinajstić information content (AvgIpc) is 3.63. The van der Waals surface area contributed by atoms with E-state index in [1.165, 1.54) is 22.5 Å². The predicted molar refractivity (Wildman–Crippen MR) is 121 cm³/mol. The van der Waals surface area contributed by atoms with E-state index in [2.05, 4.69) is 10.6 Å². The fraction of sp³-hybridized carbons (Fsp3) is 0.417. The van der Waals surface area contributed by atoms with Crippen LogP contribution >= 0.6 is 0 Å². The Hall–Kier alpha value is -2.78. The molecule has 0 spiro atoms. The van der Waals surface area contributed by atoms with Crippen molar-refractivity contribution in [2.24, 2.45) is 5.92 Å². The molecule has 33 heavy (non-hydrogen) atoms. The molecule has 2 aromatic carbocycles. The summed E-state index contributed by atoms with van der Waals surface area (Å²) in [6.07, 6.45) is 2.90. The lowest BCUT2D eigenvalue weighted by Gasteiger charge is -2.31. The van der Waals surface area contributed by atoms with Crippen LogP contribution in [-0.2, 0) is 26.0 Å². The largest absolute Gasteiger partial charge is 0.352 e. The summed E-state index contributed by atoms with van der Waals surface area (Å²) in [7, 11) is -3.96. The maximum atomic E-state index is 14.0. The molecule has 2 aromatic rings. The molecule has 2 amide bonds. The molecule has 1 saturated carbocycles. The van der Waals surface area contributed by atoms with Gasteiger partial charge in [0.1, 0.15) is 16.8 Å². The maximum Gasteiger partial charge on any atom is 0.245 e. The molecular formula is C24H28FN3O4S. The Bertz CT molecular complexity index is 1100. The normalized spacial score (nSPS) is 18.5. The molecule has 0 bridgehead atoms. The first-order valence-corrected chi connectivity index (χ1v) is 12.7. The first-order chi connectivity index (χ1) is 15.8. The molecule has 9 heteroatoms. The van der Waals surface area contributed by atoms with Crippen molar-refractivity contribution in [2.75, 3.05) is 13.1 Å². The molecule has 1 atom stereocenters. The molecule has 4 rings (SSSR count). The van der Waals surface area contributed by atoms with Crippen LogP contribution in [-0.4, -0.2) is 49.7 Å². The van der Waals surface area contributed by atoms with E-state index in [0.29, 0.717) is 19.3 Å². The Balaban J connectivity index is 1.38. The van der Waals surface area contributed by atoms with Crippen LogP contribution in [0.2, 0.25) is 0 Å². The van der Waals surface area contributed by atoms with Gasteiger partial charge in [0.25, 0.3) is 0 Å². The van der Waals surface area contributed by atoms with Gasteiger partial charge in [0.05, 0.1) is 0 Å². The Labute approximate surface area is 193 Å². The fourth-order valence-electron chi connectivity index (χ4n) is 4.03. The van der Waals surface area contributed by atoms with Crippen molar-refractivity contribution in [1.82, 2.24) is 14.9 Å². The molecule has 1 aliphatic carbocycles. The highest BCUT2D eigenvalue weighted by Gasteiger charge is 2.35. The minimum Gasteiger partial charge on any atom is -0.352 e. The van der Waals surface area contributed by atoms with Crippen LogP contribution in [0.25, 0.3) is 0 Å². The highest BCUT2D eigenvalue weighted by atomic mass is 32.2. The molecule has 1 saturated heterocycles. The topological polar surface area (TPSA) is 95.6 Å². The van der Waals surface area contributed by atoms with Gasteiger partial charge in [-0.05, 0) is 43.4 Å². The predicted octanol–water partition coefficient (Wildman–Crippen LogP) is 2.23. The van der Waals surface area contributed by atoms with Crippen LogP contribution in [0.4, 0.5) is 4.39 Å². The number of benzene rings is 2. The van der Waals surface area contributed by atoms with Gasteiger partial charge in [-0.25, -0.2) is 12.8 Å². The zero-order valence-electron chi connectivity index (χ0n) is 18.2. The second kappa shape index (κ2) is 10.0. The Morgan fingerprint density at radius 1 is 0.970 bits per heavy atom. The minimum absolute atomic E-state index is 0.117. The van der Waals surface area contributed by atoms with Gasteiger partial charge < -0.3 is 10.6 Å². The smallest absolute Gasteiger partial charge is 0.245 e. The molecular weight excluding hydrogens is 445 g/mol. The number of amides is 2. The molecule has 1 aliphatic heterocycles. The molecule has 2 aliphatic rings. The number of hydrogen-bond acceptors (Lipinski definition) is 4. The molecule has 1 unspecified atom stereocenters. The maximum absolute atomic E-state index is 14.0. The molecule has 0 aromatic heterocycles. The SMILES string of the molecule is O=C(NC(Cc1ccccc1)C(=O)NC1CC1)C1CCN(S(=O)(=O)c2ccccc2F)CC1. The van der Waals surface area contributed by atoms with E-state index in [1.54, 1.807) is 0 Å². The Kier molecular flexibility index (Phi) is 7.09. The number of carbonyl (C=O) groups excluding carboxylic acids is 2. The summed E-state index contributed by atoms with van der Waals surface area (Å²) in [6.45, 7) is 0.235. The minimum atomic E-state index is -3.96. The molecule has 2 N–H and O–H groups in total. The van der Waals surface area contributed by atoms with Crippen molar-refractivity contribution in [3.05, 3.63) is 66.0 Å². The van der Waals surface area contributed by atoms with Crippen LogP contribution in [0.15, 0.2) is 59.5 Å². The highest BCUT2D eigenvalue weighted by molar-refractivity contribution is 7.89. The van der Waals surface area contributed by atoms with Gasteiger partial charge in [-0.1, -0.05) is 42.5 Å². The molecule has 1 heterocycles. The van der Waals surface area contributed by atoms with Gasteiger partial charge >= 0.3 is 0 Å². The first kappa shape index (κ1) is 23.4. The summed E-state index contributed by atoms with van der Waals surface area (Å²) in [5.41, 5.74) is 0.944. The second-order valence-electron chi connectivity index (χ2n) is 8.64. The summed E-state index contributed by atoms with van der Waals surface area (Å²) in [5, 5.41) is 5.84. The number of carbonyl (C=O) groups is 2. The van der Waals surface area contributed by atoms with Crippen molar-refractivity contribution in [1.29, 1.82) is 0 Å². The van der Waals surface area contributed by atoms with Gasteiger partial charge in [0.15, 0.2) is 0 Å². The lowest BCUT2D eigenvalue weighted by atomic mass is 9.96. The van der Waals surface area contributed by atoms with E-state index >= 15 is 0 Å². The van der Waals surface area contributed by atoms with E-state index in [1.807, 2.05) is 30.3 Å². The highest BCUT2D eigenvalue weighted by Crippen LogP contribution is 2.26. The summed E-state index contributed by atoms with van der Waals surface area (Å²) in [5.74, 6) is -1.66. The third-order valence-corrected chi connectivity index (χ3v) is 8.05.